The van der Waals surface area contributed by atoms with Gasteiger partial charge in [0.25, 0.3) is 0 Å². The molecule has 0 aromatic carbocycles. The first kappa shape index (κ1) is 22.3. The summed E-state index contributed by atoms with van der Waals surface area (Å²) in [5.41, 5.74) is 2.43. The van der Waals surface area contributed by atoms with Crippen LogP contribution in [0.4, 0.5) is 28.3 Å². The van der Waals surface area contributed by atoms with Gasteiger partial charge in [-0.1, -0.05) is 0 Å². The molecule has 0 atom stereocenters. The van der Waals surface area contributed by atoms with Crippen LogP contribution in [0.2, 0.25) is 0 Å². The van der Waals surface area contributed by atoms with Crippen molar-refractivity contribution in [2.45, 2.75) is 27.7 Å². The third-order valence-corrected chi connectivity index (χ3v) is 5.01. The summed E-state index contributed by atoms with van der Waals surface area (Å²) >= 11 is 0. The van der Waals surface area contributed by atoms with E-state index < -0.39 is 0 Å². The molecule has 11 heteroatoms. The van der Waals surface area contributed by atoms with E-state index in [9.17, 15) is 4.79 Å². The predicted octanol–water partition coefficient (Wildman–Crippen LogP) is 2.11. The zero-order chi connectivity index (χ0) is 22.4. The number of hydrogen-bond acceptors (Lipinski definition) is 9. The lowest BCUT2D eigenvalue weighted by molar-refractivity contribution is 0.207. The summed E-state index contributed by atoms with van der Waals surface area (Å²) < 4.78 is 5.32. The van der Waals surface area contributed by atoms with E-state index in [0.29, 0.717) is 55.6 Å². The van der Waals surface area contributed by atoms with Crippen LogP contribution in [-0.2, 0) is 0 Å². The maximum atomic E-state index is 12.8. The lowest BCUT2D eigenvalue weighted by atomic mass is 10.2. The van der Waals surface area contributed by atoms with Gasteiger partial charge in [0.2, 0.25) is 23.7 Å². The highest BCUT2D eigenvalue weighted by atomic mass is 16.5. The number of methoxy groups -OCH3 is 1. The van der Waals surface area contributed by atoms with Crippen molar-refractivity contribution in [2.24, 2.45) is 0 Å². The van der Waals surface area contributed by atoms with Crippen molar-refractivity contribution >= 4 is 29.6 Å². The molecule has 31 heavy (non-hydrogen) atoms. The first-order valence-corrected chi connectivity index (χ1v) is 10.5. The van der Waals surface area contributed by atoms with Crippen molar-refractivity contribution in [2.75, 3.05) is 67.2 Å². The van der Waals surface area contributed by atoms with Crippen LogP contribution >= 0.6 is 0 Å². The Morgan fingerprint density at radius 1 is 1.00 bits per heavy atom. The van der Waals surface area contributed by atoms with Crippen molar-refractivity contribution in [3.8, 4) is 5.88 Å². The summed E-state index contributed by atoms with van der Waals surface area (Å²) in [5.74, 6) is 2.09. The average Bonchev–Trinajstić information content (AvgIpc) is 2.76. The molecule has 0 saturated carbocycles. The van der Waals surface area contributed by atoms with Crippen LogP contribution < -0.4 is 25.6 Å². The average molecular weight is 430 g/mol. The zero-order valence-corrected chi connectivity index (χ0v) is 18.8. The van der Waals surface area contributed by atoms with E-state index in [1.54, 1.807) is 12.0 Å². The predicted molar refractivity (Wildman–Crippen MR) is 121 cm³/mol. The lowest BCUT2D eigenvalue weighted by Gasteiger charge is -2.34. The Labute approximate surface area is 182 Å². The molecule has 2 aromatic heterocycles. The van der Waals surface area contributed by atoms with E-state index >= 15 is 0 Å². The molecule has 3 heterocycles. The Hall–Kier alpha value is -3.37. The van der Waals surface area contributed by atoms with Crippen molar-refractivity contribution in [1.29, 1.82) is 0 Å². The number of pyridine rings is 1. The van der Waals surface area contributed by atoms with Gasteiger partial charge in [-0.15, -0.1) is 0 Å². The minimum atomic E-state index is -0.180. The van der Waals surface area contributed by atoms with E-state index in [4.69, 9.17) is 4.74 Å². The van der Waals surface area contributed by atoms with Gasteiger partial charge < -0.3 is 30.5 Å². The number of nitrogens with one attached hydrogen (secondary N) is 3. The van der Waals surface area contributed by atoms with Gasteiger partial charge in [-0.2, -0.15) is 15.0 Å². The van der Waals surface area contributed by atoms with E-state index in [0.717, 1.165) is 24.3 Å². The number of aryl methyl sites for hydroxylation is 2. The highest BCUT2D eigenvalue weighted by Gasteiger charge is 2.24. The van der Waals surface area contributed by atoms with Crippen LogP contribution in [-0.4, -0.2) is 77.2 Å². The van der Waals surface area contributed by atoms with Gasteiger partial charge >= 0.3 is 6.03 Å². The molecule has 2 aromatic rings. The van der Waals surface area contributed by atoms with E-state index in [2.05, 4.69) is 40.8 Å². The van der Waals surface area contributed by atoms with Gasteiger partial charge in [0.15, 0.2) is 0 Å². The number of rotatable bonds is 7. The number of carbonyl (C=O) groups is 1. The second kappa shape index (κ2) is 10.1. The van der Waals surface area contributed by atoms with Crippen LogP contribution in [0.1, 0.15) is 25.1 Å². The molecule has 1 aliphatic rings. The third-order valence-electron chi connectivity index (χ3n) is 5.01. The standard InChI is InChI=1S/C20H31N9O2/c1-6-21-17-25-18(22-7-2)27-19(26-17)28-8-10-29(11-9-28)20(30)24-15-12-13(3)14(4)23-16(15)31-5/h12H,6-11H2,1-5H3,(H,24,30)(H2,21,22,25,26,27). The van der Waals surface area contributed by atoms with Crippen molar-refractivity contribution in [1.82, 2.24) is 24.8 Å². The number of hydrogen-bond donors (Lipinski definition) is 3. The second-order valence-electron chi connectivity index (χ2n) is 7.20. The molecule has 1 saturated heterocycles. The fourth-order valence-corrected chi connectivity index (χ4v) is 3.21. The maximum Gasteiger partial charge on any atom is 0.322 e. The normalized spacial score (nSPS) is 13.7. The first-order chi connectivity index (χ1) is 14.9. The van der Waals surface area contributed by atoms with Crippen molar-refractivity contribution in [3.63, 3.8) is 0 Å². The van der Waals surface area contributed by atoms with Crippen LogP contribution in [0.25, 0.3) is 0 Å². The van der Waals surface area contributed by atoms with Gasteiger partial charge in [0.05, 0.1) is 7.11 Å². The van der Waals surface area contributed by atoms with E-state index in [1.165, 1.54) is 0 Å². The van der Waals surface area contributed by atoms with Crippen LogP contribution in [0.3, 0.4) is 0 Å². The Morgan fingerprint density at radius 2 is 1.61 bits per heavy atom. The molecular formula is C20H31N9O2. The largest absolute Gasteiger partial charge is 0.480 e. The molecule has 0 aliphatic carbocycles. The molecule has 3 rings (SSSR count). The molecular weight excluding hydrogens is 398 g/mol. The highest BCUT2D eigenvalue weighted by Crippen LogP contribution is 2.25. The lowest BCUT2D eigenvalue weighted by Crippen LogP contribution is -2.50. The molecule has 0 unspecified atom stereocenters. The van der Waals surface area contributed by atoms with Gasteiger partial charge in [-0.25, -0.2) is 9.78 Å². The van der Waals surface area contributed by atoms with Gasteiger partial charge in [-0.05, 0) is 39.3 Å². The topological polar surface area (TPSA) is 120 Å². The zero-order valence-electron chi connectivity index (χ0n) is 18.8. The van der Waals surface area contributed by atoms with Crippen LogP contribution in [0.5, 0.6) is 5.88 Å². The smallest absolute Gasteiger partial charge is 0.322 e. The fraction of sp³-hybridized carbons (Fsp3) is 0.550. The van der Waals surface area contributed by atoms with Crippen molar-refractivity contribution < 1.29 is 9.53 Å². The number of anilines is 4. The molecule has 0 bridgehead atoms. The monoisotopic (exact) mass is 429 g/mol. The summed E-state index contributed by atoms with van der Waals surface area (Å²) in [7, 11) is 1.55. The van der Waals surface area contributed by atoms with Crippen molar-refractivity contribution in [3.05, 3.63) is 17.3 Å². The van der Waals surface area contributed by atoms with Crippen LogP contribution in [0, 0.1) is 13.8 Å². The van der Waals surface area contributed by atoms with E-state index in [-0.39, 0.29) is 6.03 Å². The Morgan fingerprint density at radius 3 is 2.16 bits per heavy atom. The Balaban J connectivity index is 1.66. The molecule has 0 radical (unpaired) electrons. The van der Waals surface area contributed by atoms with E-state index in [1.807, 2.05) is 33.8 Å². The molecule has 168 valence electrons. The summed E-state index contributed by atoms with van der Waals surface area (Å²) in [6.07, 6.45) is 0. The second-order valence-corrected chi connectivity index (χ2v) is 7.20. The summed E-state index contributed by atoms with van der Waals surface area (Å²) in [4.78, 5) is 34.4. The fourth-order valence-electron chi connectivity index (χ4n) is 3.21. The molecule has 3 N–H and O–H groups in total. The Bertz CT molecular complexity index is 890. The third kappa shape index (κ3) is 5.41. The number of nitrogens with zero attached hydrogens (tertiary/aromatic N) is 6. The Kier molecular flexibility index (Phi) is 7.27. The number of amides is 2. The molecule has 1 fully saturated rings. The van der Waals surface area contributed by atoms with Gasteiger partial charge in [-0.3, -0.25) is 0 Å². The molecule has 0 spiro atoms. The number of ether oxygens (including phenoxy) is 1. The summed E-state index contributed by atoms with van der Waals surface area (Å²) in [5, 5.41) is 9.20. The minimum Gasteiger partial charge on any atom is -0.480 e. The minimum absolute atomic E-state index is 0.180. The molecule has 1 aliphatic heterocycles. The SMILES string of the molecule is CCNc1nc(NCC)nc(N2CCN(C(=O)Nc3cc(C)c(C)nc3OC)CC2)n1. The summed E-state index contributed by atoms with van der Waals surface area (Å²) in [6.45, 7) is 11.6. The number of carbonyl (C=O) groups excluding carboxylic acids is 1. The number of piperazine rings is 1. The molecule has 2 amide bonds. The summed E-state index contributed by atoms with van der Waals surface area (Å²) in [6, 6.07) is 1.70. The molecule has 11 nitrogen and oxygen atoms in total. The quantitative estimate of drug-likeness (QED) is 0.607. The van der Waals surface area contributed by atoms with Gasteiger partial charge in [0, 0.05) is 45.0 Å². The number of aromatic nitrogens is 4. The van der Waals surface area contributed by atoms with Gasteiger partial charge in [0.1, 0.15) is 5.69 Å². The highest BCUT2D eigenvalue weighted by molar-refractivity contribution is 5.91. The first-order valence-electron chi connectivity index (χ1n) is 10.5. The number of urea groups is 1. The maximum absolute atomic E-state index is 12.8. The van der Waals surface area contributed by atoms with Crippen LogP contribution in [0.15, 0.2) is 6.07 Å².